The Labute approximate surface area is 196 Å². The van der Waals surface area contributed by atoms with Crippen molar-refractivity contribution in [2.75, 3.05) is 6.54 Å². The van der Waals surface area contributed by atoms with Crippen LogP contribution in [0.1, 0.15) is 27.0 Å². The standard InChI is InChI=1S/C26H21NO3S2/c1-18-6-5-9-21(16-18)25(29)30-22-12-10-20(11-13-22)17-23-24(28)27(26(31)32-23)15-14-19-7-3-2-4-8-19/h2-13,16-17H,14-15H2,1H3. The van der Waals surface area contributed by atoms with Gasteiger partial charge in [0.15, 0.2) is 0 Å². The Morgan fingerprint density at radius 1 is 1.03 bits per heavy atom. The Balaban J connectivity index is 1.39. The van der Waals surface area contributed by atoms with Gasteiger partial charge in [-0.25, -0.2) is 4.79 Å². The van der Waals surface area contributed by atoms with E-state index in [-0.39, 0.29) is 5.91 Å². The molecule has 4 nitrogen and oxygen atoms in total. The second-order valence-electron chi connectivity index (χ2n) is 7.40. The van der Waals surface area contributed by atoms with Gasteiger partial charge in [0.2, 0.25) is 0 Å². The lowest BCUT2D eigenvalue weighted by molar-refractivity contribution is -0.122. The highest BCUT2D eigenvalue weighted by Crippen LogP contribution is 2.33. The van der Waals surface area contributed by atoms with Gasteiger partial charge in [0.1, 0.15) is 10.1 Å². The molecule has 0 N–H and O–H groups in total. The lowest BCUT2D eigenvalue weighted by Gasteiger charge is -2.14. The number of thiocarbonyl (C=S) groups is 1. The van der Waals surface area contributed by atoms with E-state index >= 15 is 0 Å². The summed E-state index contributed by atoms with van der Waals surface area (Å²) in [5.41, 5.74) is 3.51. The number of carbonyl (C=O) groups is 2. The number of esters is 1. The van der Waals surface area contributed by atoms with Crippen molar-refractivity contribution in [3.63, 3.8) is 0 Å². The van der Waals surface area contributed by atoms with E-state index in [1.54, 1.807) is 29.2 Å². The summed E-state index contributed by atoms with van der Waals surface area (Å²) in [7, 11) is 0. The molecule has 3 aromatic rings. The lowest BCUT2D eigenvalue weighted by atomic mass is 10.1. The highest BCUT2D eigenvalue weighted by atomic mass is 32.2. The summed E-state index contributed by atoms with van der Waals surface area (Å²) >= 11 is 6.73. The van der Waals surface area contributed by atoms with E-state index in [0.717, 1.165) is 17.5 Å². The van der Waals surface area contributed by atoms with Crippen LogP contribution in [0.25, 0.3) is 6.08 Å². The Morgan fingerprint density at radius 3 is 2.50 bits per heavy atom. The molecule has 160 valence electrons. The Morgan fingerprint density at radius 2 is 1.78 bits per heavy atom. The molecule has 1 amide bonds. The maximum Gasteiger partial charge on any atom is 0.343 e. The molecule has 1 aliphatic heterocycles. The van der Waals surface area contributed by atoms with Gasteiger partial charge in [0, 0.05) is 6.54 Å². The number of ether oxygens (including phenoxy) is 1. The Bertz CT molecular complexity index is 1190. The summed E-state index contributed by atoms with van der Waals surface area (Å²) in [6.45, 7) is 2.48. The normalized spacial score (nSPS) is 14.8. The fraction of sp³-hybridized carbons (Fsp3) is 0.115. The van der Waals surface area contributed by atoms with Crippen molar-refractivity contribution in [3.05, 3.63) is 106 Å². The summed E-state index contributed by atoms with van der Waals surface area (Å²) in [5, 5.41) is 0. The molecular formula is C26H21NO3S2. The van der Waals surface area contributed by atoms with Crippen molar-refractivity contribution in [1.29, 1.82) is 0 Å². The maximum atomic E-state index is 12.8. The molecule has 0 atom stereocenters. The molecule has 0 saturated carbocycles. The zero-order valence-corrected chi connectivity index (χ0v) is 19.1. The average Bonchev–Trinajstić information content (AvgIpc) is 3.06. The molecule has 0 aliphatic carbocycles. The second-order valence-corrected chi connectivity index (χ2v) is 9.07. The monoisotopic (exact) mass is 459 g/mol. The number of aryl methyl sites for hydroxylation is 1. The Kier molecular flexibility index (Phi) is 6.83. The van der Waals surface area contributed by atoms with Crippen LogP contribution in [0.4, 0.5) is 0 Å². The zero-order valence-electron chi connectivity index (χ0n) is 17.5. The van der Waals surface area contributed by atoms with E-state index in [9.17, 15) is 9.59 Å². The van der Waals surface area contributed by atoms with Crippen LogP contribution >= 0.6 is 24.0 Å². The number of carbonyl (C=O) groups excluding carboxylic acids is 2. The molecule has 32 heavy (non-hydrogen) atoms. The molecule has 0 spiro atoms. The summed E-state index contributed by atoms with van der Waals surface area (Å²) in [4.78, 5) is 27.4. The van der Waals surface area contributed by atoms with Crippen LogP contribution in [0.5, 0.6) is 5.75 Å². The van der Waals surface area contributed by atoms with Gasteiger partial charge < -0.3 is 4.74 Å². The third-order valence-corrected chi connectivity index (χ3v) is 6.36. The predicted molar refractivity (Wildman–Crippen MR) is 133 cm³/mol. The fourth-order valence-corrected chi connectivity index (χ4v) is 4.61. The quantitative estimate of drug-likeness (QED) is 0.206. The third kappa shape index (κ3) is 5.33. The molecule has 1 fully saturated rings. The van der Waals surface area contributed by atoms with Crippen LogP contribution in [0, 0.1) is 6.92 Å². The smallest absolute Gasteiger partial charge is 0.343 e. The molecule has 6 heteroatoms. The number of amides is 1. The summed E-state index contributed by atoms with van der Waals surface area (Å²) in [6, 6.07) is 24.4. The van der Waals surface area contributed by atoms with Gasteiger partial charge in [-0.15, -0.1) is 0 Å². The molecule has 3 aromatic carbocycles. The van der Waals surface area contributed by atoms with Crippen molar-refractivity contribution in [2.24, 2.45) is 0 Å². The number of hydrogen-bond donors (Lipinski definition) is 0. The molecular weight excluding hydrogens is 438 g/mol. The summed E-state index contributed by atoms with van der Waals surface area (Å²) in [5.74, 6) is -0.0318. The fourth-order valence-electron chi connectivity index (χ4n) is 3.30. The van der Waals surface area contributed by atoms with Gasteiger partial charge in [-0.05, 0) is 54.8 Å². The van der Waals surface area contributed by atoms with Crippen molar-refractivity contribution >= 4 is 46.3 Å². The number of benzene rings is 3. The van der Waals surface area contributed by atoms with E-state index in [4.69, 9.17) is 17.0 Å². The summed E-state index contributed by atoms with van der Waals surface area (Å²) < 4.78 is 6.02. The van der Waals surface area contributed by atoms with Crippen LogP contribution in [-0.2, 0) is 11.2 Å². The first-order valence-electron chi connectivity index (χ1n) is 10.2. The lowest BCUT2D eigenvalue weighted by Crippen LogP contribution is -2.30. The van der Waals surface area contributed by atoms with E-state index in [1.165, 1.54) is 17.3 Å². The van der Waals surface area contributed by atoms with E-state index in [1.807, 2.05) is 67.6 Å². The first kappa shape index (κ1) is 22.0. The largest absolute Gasteiger partial charge is 0.423 e. The highest BCUT2D eigenvalue weighted by molar-refractivity contribution is 8.26. The maximum absolute atomic E-state index is 12.8. The Hall–Kier alpha value is -3.22. The van der Waals surface area contributed by atoms with Crippen LogP contribution in [0.3, 0.4) is 0 Å². The van der Waals surface area contributed by atoms with Crippen molar-refractivity contribution in [1.82, 2.24) is 4.90 Å². The third-order valence-electron chi connectivity index (χ3n) is 4.98. The van der Waals surface area contributed by atoms with Crippen molar-refractivity contribution in [3.8, 4) is 5.75 Å². The van der Waals surface area contributed by atoms with Gasteiger partial charge in [0.25, 0.3) is 5.91 Å². The van der Waals surface area contributed by atoms with Gasteiger partial charge in [-0.3, -0.25) is 9.69 Å². The minimum Gasteiger partial charge on any atom is -0.423 e. The first-order chi connectivity index (χ1) is 15.5. The first-order valence-corrected chi connectivity index (χ1v) is 11.4. The number of nitrogens with zero attached hydrogens (tertiary/aromatic N) is 1. The molecule has 1 saturated heterocycles. The van der Waals surface area contributed by atoms with Crippen molar-refractivity contribution < 1.29 is 14.3 Å². The molecule has 0 aromatic heterocycles. The van der Waals surface area contributed by atoms with E-state index in [2.05, 4.69) is 0 Å². The highest BCUT2D eigenvalue weighted by Gasteiger charge is 2.31. The average molecular weight is 460 g/mol. The van der Waals surface area contributed by atoms with Crippen molar-refractivity contribution in [2.45, 2.75) is 13.3 Å². The van der Waals surface area contributed by atoms with E-state index < -0.39 is 5.97 Å². The van der Waals surface area contributed by atoms with Crippen LogP contribution in [0.15, 0.2) is 83.8 Å². The number of thioether (sulfide) groups is 1. The molecule has 1 heterocycles. The van der Waals surface area contributed by atoms with Gasteiger partial charge >= 0.3 is 5.97 Å². The molecule has 0 unspecified atom stereocenters. The van der Waals surface area contributed by atoms with Crippen LogP contribution in [-0.4, -0.2) is 27.6 Å². The SMILES string of the molecule is Cc1cccc(C(=O)Oc2ccc(C=C3SC(=S)N(CCc4ccccc4)C3=O)cc2)c1. The zero-order chi connectivity index (χ0) is 22.5. The molecule has 0 bridgehead atoms. The minimum atomic E-state index is -0.402. The van der Waals surface area contributed by atoms with E-state index in [0.29, 0.717) is 27.1 Å². The van der Waals surface area contributed by atoms with Crippen LogP contribution < -0.4 is 4.74 Å². The predicted octanol–water partition coefficient (Wildman–Crippen LogP) is 5.66. The molecule has 0 radical (unpaired) electrons. The minimum absolute atomic E-state index is 0.0779. The van der Waals surface area contributed by atoms with Gasteiger partial charge in [-0.2, -0.15) is 0 Å². The van der Waals surface area contributed by atoms with Gasteiger partial charge in [0.05, 0.1) is 10.5 Å². The van der Waals surface area contributed by atoms with Crippen LogP contribution in [0.2, 0.25) is 0 Å². The molecule has 1 aliphatic rings. The molecule has 4 rings (SSSR count). The second kappa shape index (κ2) is 9.94. The summed E-state index contributed by atoms with van der Waals surface area (Å²) in [6.07, 6.45) is 2.57. The topological polar surface area (TPSA) is 46.6 Å². The van der Waals surface area contributed by atoms with Gasteiger partial charge in [-0.1, -0.05) is 84.1 Å². The number of hydrogen-bond acceptors (Lipinski definition) is 5. The number of rotatable bonds is 6.